The van der Waals surface area contributed by atoms with Gasteiger partial charge in [0.05, 0.1) is 0 Å². The van der Waals surface area contributed by atoms with Gasteiger partial charge in [0.2, 0.25) is 5.82 Å². The van der Waals surface area contributed by atoms with Gasteiger partial charge >= 0.3 is 0 Å². The molecule has 86 valence electrons. The molecule has 0 saturated carbocycles. The number of aliphatic hydroxyl groups excluding tert-OH is 1. The second-order valence-electron chi connectivity index (χ2n) is 4.41. The van der Waals surface area contributed by atoms with E-state index in [9.17, 15) is 0 Å². The molecule has 1 aromatic rings. The summed E-state index contributed by atoms with van der Waals surface area (Å²) in [5.41, 5.74) is -0.105. The zero-order valence-electron chi connectivity index (χ0n) is 9.65. The molecule has 1 unspecified atom stereocenters. The van der Waals surface area contributed by atoms with Crippen LogP contribution in [0, 0.1) is 5.41 Å². The quantitative estimate of drug-likeness (QED) is 0.825. The Morgan fingerprint density at radius 1 is 1.47 bits per heavy atom. The van der Waals surface area contributed by atoms with Crippen molar-refractivity contribution < 1.29 is 14.4 Å². The van der Waals surface area contributed by atoms with Crippen LogP contribution < -0.4 is 0 Å². The fourth-order valence-corrected chi connectivity index (χ4v) is 1.32. The summed E-state index contributed by atoms with van der Waals surface area (Å²) < 4.78 is 10.4. The Balaban J connectivity index is 2.88. The maximum atomic E-state index is 8.83. The van der Waals surface area contributed by atoms with Crippen LogP contribution in [0.25, 0.3) is 0 Å². The van der Waals surface area contributed by atoms with Crippen LogP contribution in [0.1, 0.15) is 45.5 Å². The second-order valence-corrected chi connectivity index (χ2v) is 4.41. The van der Waals surface area contributed by atoms with Crippen LogP contribution in [0.5, 0.6) is 0 Å². The smallest absolute Gasteiger partial charge is 0.252 e. The van der Waals surface area contributed by atoms with E-state index in [1.54, 1.807) is 0 Å². The van der Waals surface area contributed by atoms with Crippen molar-refractivity contribution >= 4 is 0 Å². The second kappa shape index (κ2) is 4.72. The largest absolute Gasteiger partial charge is 0.387 e. The molecule has 5 heteroatoms. The number of ether oxygens (including phenoxy) is 1. The molecule has 0 saturated heterocycles. The van der Waals surface area contributed by atoms with E-state index in [2.05, 4.69) is 10.1 Å². The van der Waals surface area contributed by atoms with E-state index >= 15 is 0 Å². The lowest BCUT2D eigenvalue weighted by Gasteiger charge is -2.27. The summed E-state index contributed by atoms with van der Waals surface area (Å²) in [6.45, 7) is 8.40. The number of rotatable bonds is 4. The Bertz CT molecular complexity index is 304. The van der Waals surface area contributed by atoms with Crippen molar-refractivity contribution in [3.8, 4) is 0 Å². The Morgan fingerprint density at radius 3 is 2.53 bits per heavy atom. The lowest BCUT2D eigenvalue weighted by molar-refractivity contribution is -0.0203. The zero-order valence-corrected chi connectivity index (χ0v) is 9.65. The Hall–Kier alpha value is -0.940. The first-order valence-electron chi connectivity index (χ1n) is 5.04. The average molecular weight is 214 g/mol. The molecule has 0 amide bonds. The fourth-order valence-electron chi connectivity index (χ4n) is 1.32. The first-order valence-corrected chi connectivity index (χ1v) is 5.04. The number of aromatic nitrogens is 2. The van der Waals surface area contributed by atoms with Crippen molar-refractivity contribution in [2.45, 2.75) is 40.4 Å². The SMILES string of the molecule is CCOC(c1noc(CO)n1)C(C)(C)C. The van der Waals surface area contributed by atoms with Crippen molar-refractivity contribution in [2.24, 2.45) is 5.41 Å². The summed E-state index contributed by atoms with van der Waals surface area (Å²) in [5.74, 6) is 0.715. The highest BCUT2D eigenvalue weighted by Gasteiger charge is 2.31. The van der Waals surface area contributed by atoms with E-state index in [0.717, 1.165) is 0 Å². The standard InChI is InChI=1S/C10H18N2O3/c1-5-14-8(10(2,3)4)9-11-7(6-13)15-12-9/h8,13H,5-6H2,1-4H3. The minimum absolute atomic E-state index is 0.105. The van der Waals surface area contributed by atoms with Gasteiger partial charge in [0, 0.05) is 6.61 Å². The Kier molecular flexibility index (Phi) is 3.82. The van der Waals surface area contributed by atoms with E-state index in [1.165, 1.54) is 0 Å². The van der Waals surface area contributed by atoms with E-state index in [1.807, 2.05) is 27.7 Å². The molecule has 5 nitrogen and oxygen atoms in total. The maximum absolute atomic E-state index is 8.83. The third-order valence-corrected chi connectivity index (χ3v) is 1.97. The van der Waals surface area contributed by atoms with Gasteiger partial charge in [-0.2, -0.15) is 4.98 Å². The summed E-state index contributed by atoms with van der Waals surface area (Å²) in [6, 6.07) is 0. The molecule has 1 aromatic heterocycles. The molecule has 0 aromatic carbocycles. The van der Waals surface area contributed by atoms with Crippen LogP contribution in [0.4, 0.5) is 0 Å². The van der Waals surface area contributed by atoms with Crippen molar-refractivity contribution in [3.05, 3.63) is 11.7 Å². The molecular weight excluding hydrogens is 196 g/mol. The fraction of sp³-hybridized carbons (Fsp3) is 0.800. The minimum Gasteiger partial charge on any atom is -0.387 e. The van der Waals surface area contributed by atoms with Gasteiger partial charge in [-0.05, 0) is 12.3 Å². The van der Waals surface area contributed by atoms with E-state index in [-0.39, 0.29) is 24.0 Å². The summed E-state index contributed by atoms with van der Waals surface area (Å²) in [7, 11) is 0. The number of aliphatic hydroxyl groups is 1. The van der Waals surface area contributed by atoms with Crippen LogP contribution in [0.3, 0.4) is 0 Å². The number of nitrogens with zero attached hydrogens (tertiary/aromatic N) is 2. The van der Waals surface area contributed by atoms with Gasteiger partial charge in [0.1, 0.15) is 12.7 Å². The monoisotopic (exact) mass is 214 g/mol. The van der Waals surface area contributed by atoms with Gasteiger partial charge in [-0.15, -0.1) is 0 Å². The lowest BCUT2D eigenvalue weighted by Crippen LogP contribution is -2.22. The minimum atomic E-state index is -0.240. The summed E-state index contributed by atoms with van der Waals surface area (Å²) in [6.07, 6.45) is -0.216. The molecule has 0 spiro atoms. The highest BCUT2D eigenvalue weighted by molar-refractivity contribution is 4.95. The Morgan fingerprint density at radius 2 is 2.13 bits per heavy atom. The summed E-state index contributed by atoms with van der Waals surface area (Å²) in [5, 5.41) is 12.6. The van der Waals surface area contributed by atoms with Gasteiger partial charge in [0.15, 0.2) is 0 Å². The summed E-state index contributed by atoms with van der Waals surface area (Å²) in [4.78, 5) is 4.06. The molecule has 1 rings (SSSR count). The summed E-state index contributed by atoms with van der Waals surface area (Å²) >= 11 is 0. The molecule has 0 radical (unpaired) electrons. The van der Waals surface area contributed by atoms with E-state index < -0.39 is 0 Å². The predicted molar refractivity (Wildman–Crippen MR) is 54.0 cm³/mol. The molecule has 15 heavy (non-hydrogen) atoms. The molecule has 0 bridgehead atoms. The van der Waals surface area contributed by atoms with E-state index in [0.29, 0.717) is 12.4 Å². The average Bonchev–Trinajstić information content (AvgIpc) is 2.60. The van der Waals surface area contributed by atoms with Gasteiger partial charge in [-0.3, -0.25) is 0 Å². The number of hydrogen-bond acceptors (Lipinski definition) is 5. The molecule has 0 aliphatic heterocycles. The molecule has 1 atom stereocenters. The molecule has 1 heterocycles. The lowest BCUT2D eigenvalue weighted by atomic mass is 9.88. The molecule has 0 aliphatic carbocycles. The Labute approximate surface area is 89.4 Å². The van der Waals surface area contributed by atoms with Gasteiger partial charge in [-0.25, -0.2) is 0 Å². The van der Waals surface area contributed by atoms with Crippen molar-refractivity contribution in [3.63, 3.8) is 0 Å². The van der Waals surface area contributed by atoms with Crippen LogP contribution in [-0.4, -0.2) is 21.9 Å². The van der Waals surface area contributed by atoms with Crippen molar-refractivity contribution in [1.29, 1.82) is 0 Å². The van der Waals surface area contributed by atoms with Crippen LogP contribution in [-0.2, 0) is 11.3 Å². The predicted octanol–water partition coefficient (Wildman–Crippen LogP) is 1.69. The van der Waals surface area contributed by atoms with Crippen LogP contribution in [0.2, 0.25) is 0 Å². The molecule has 0 aliphatic rings. The van der Waals surface area contributed by atoms with Gasteiger partial charge < -0.3 is 14.4 Å². The molecular formula is C10H18N2O3. The third-order valence-electron chi connectivity index (χ3n) is 1.97. The molecule has 0 fully saturated rings. The highest BCUT2D eigenvalue weighted by Crippen LogP contribution is 2.34. The number of hydrogen-bond donors (Lipinski definition) is 1. The maximum Gasteiger partial charge on any atom is 0.252 e. The first kappa shape index (κ1) is 12.1. The van der Waals surface area contributed by atoms with Gasteiger partial charge in [-0.1, -0.05) is 25.9 Å². The third kappa shape index (κ3) is 3.00. The van der Waals surface area contributed by atoms with Crippen LogP contribution in [0.15, 0.2) is 4.52 Å². The molecule has 1 N–H and O–H groups in total. The topological polar surface area (TPSA) is 68.4 Å². The first-order chi connectivity index (χ1) is 6.99. The van der Waals surface area contributed by atoms with Crippen molar-refractivity contribution in [2.75, 3.05) is 6.61 Å². The normalized spacial score (nSPS) is 14.2. The highest BCUT2D eigenvalue weighted by atomic mass is 16.5. The van der Waals surface area contributed by atoms with Crippen molar-refractivity contribution in [1.82, 2.24) is 10.1 Å². The van der Waals surface area contributed by atoms with Gasteiger partial charge in [0.25, 0.3) is 5.89 Å². The zero-order chi connectivity index (χ0) is 11.5. The van der Waals surface area contributed by atoms with E-state index in [4.69, 9.17) is 14.4 Å². The van der Waals surface area contributed by atoms with Crippen LogP contribution >= 0.6 is 0 Å².